The molecule has 0 bridgehead atoms. The molecule has 0 saturated carbocycles. The van der Waals surface area contributed by atoms with E-state index in [2.05, 4.69) is 56.1 Å². The summed E-state index contributed by atoms with van der Waals surface area (Å²) in [5.41, 5.74) is 3.22. The van der Waals surface area contributed by atoms with Gasteiger partial charge in [-0.25, -0.2) is 0 Å². The molecule has 3 nitrogen and oxygen atoms in total. The summed E-state index contributed by atoms with van der Waals surface area (Å²) in [7, 11) is 1.79. The Balaban J connectivity index is 1.55. The fourth-order valence-corrected chi connectivity index (χ4v) is 6.52. The highest BCUT2D eigenvalue weighted by molar-refractivity contribution is 6.29. The van der Waals surface area contributed by atoms with Crippen LogP contribution in [0.1, 0.15) is 72.6 Å². The number of allylic oxidation sites excluding steroid dienone is 3. The number of hydrogen-bond acceptors (Lipinski definition) is 3. The lowest BCUT2D eigenvalue weighted by Crippen LogP contribution is -2.52. The summed E-state index contributed by atoms with van der Waals surface area (Å²) in [4.78, 5) is 2.74. The largest absolute Gasteiger partial charge is 0.380 e. The third-order valence-corrected chi connectivity index (χ3v) is 8.12. The van der Waals surface area contributed by atoms with Crippen LogP contribution >= 0.6 is 11.6 Å². The molecule has 1 heterocycles. The van der Waals surface area contributed by atoms with Crippen LogP contribution in [0.5, 0.6) is 0 Å². The topological polar surface area (TPSA) is 24.5 Å². The second-order valence-corrected chi connectivity index (χ2v) is 12.1. The van der Waals surface area contributed by atoms with Crippen LogP contribution in [0.15, 0.2) is 34.4 Å². The number of methoxy groups -OCH3 is 1. The molecule has 0 aromatic carbocycles. The number of likely N-dealkylation sites (tertiary alicyclic amines) is 1. The van der Waals surface area contributed by atoms with E-state index in [9.17, 15) is 0 Å². The van der Waals surface area contributed by atoms with Crippen LogP contribution in [-0.2, 0) is 4.74 Å². The number of hydrogen-bond donors (Lipinski definition) is 1. The van der Waals surface area contributed by atoms with E-state index in [1.54, 1.807) is 7.11 Å². The van der Waals surface area contributed by atoms with E-state index in [1.807, 2.05) is 0 Å². The molecular weight excluding hydrogens is 416 g/mol. The van der Waals surface area contributed by atoms with Gasteiger partial charge < -0.3 is 15.0 Å². The highest BCUT2D eigenvalue weighted by Crippen LogP contribution is 2.44. The lowest BCUT2D eigenvalue weighted by Gasteiger charge is -2.49. The summed E-state index contributed by atoms with van der Waals surface area (Å²) in [5, 5.41) is 5.00. The number of piperidine rings is 1. The summed E-state index contributed by atoms with van der Waals surface area (Å²) in [6, 6.07) is 0.542. The molecule has 0 amide bonds. The minimum atomic E-state index is 0.368. The summed E-state index contributed by atoms with van der Waals surface area (Å²) < 4.78 is 5.35. The summed E-state index contributed by atoms with van der Waals surface area (Å²) in [5.74, 6) is 2.33. The lowest BCUT2D eigenvalue weighted by molar-refractivity contribution is 0.0133. The Kier molecular flexibility index (Phi) is 9.91. The van der Waals surface area contributed by atoms with Crippen LogP contribution in [-0.4, -0.2) is 50.8 Å². The van der Waals surface area contributed by atoms with Gasteiger partial charge in [-0.3, -0.25) is 0 Å². The first-order valence-corrected chi connectivity index (χ1v) is 13.3. The van der Waals surface area contributed by atoms with Crippen molar-refractivity contribution in [2.75, 3.05) is 39.9 Å². The van der Waals surface area contributed by atoms with Gasteiger partial charge >= 0.3 is 0 Å². The van der Waals surface area contributed by atoms with Gasteiger partial charge in [0.15, 0.2) is 0 Å². The predicted molar refractivity (Wildman–Crippen MR) is 138 cm³/mol. The van der Waals surface area contributed by atoms with Gasteiger partial charge in [-0.15, -0.1) is 0 Å². The molecule has 1 aliphatic heterocycles. The first-order valence-electron chi connectivity index (χ1n) is 12.9. The van der Waals surface area contributed by atoms with Crippen molar-refractivity contribution in [2.45, 2.75) is 78.7 Å². The molecule has 3 aliphatic rings. The molecule has 3 rings (SSSR count). The van der Waals surface area contributed by atoms with Crippen molar-refractivity contribution < 1.29 is 4.74 Å². The van der Waals surface area contributed by atoms with Crippen molar-refractivity contribution in [3.05, 3.63) is 34.4 Å². The molecule has 1 fully saturated rings. The Morgan fingerprint density at radius 1 is 1.22 bits per heavy atom. The van der Waals surface area contributed by atoms with E-state index in [0.29, 0.717) is 17.4 Å². The van der Waals surface area contributed by atoms with E-state index < -0.39 is 0 Å². The van der Waals surface area contributed by atoms with Gasteiger partial charge in [0.1, 0.15) is 0 Å². The number of nitrogens with zero attached hydrogens (tertiary/aromatic N) is 1. The van der Waals surface area contributed by atoms with E-state index in [4.69, 9.17) is 16.3 Å². The van der Waals surface area contributed by atoms with Crippen LogP contribution in [0.2, 0.25) is 0 Å². The number of ether oxygens (including phenoxy) is 1. The Labute approximate surface area is 202 Å². The Morgan fingerprint density at radius 3 is 2.69 bits per heavy atom. The molecule has 32 heavy (non-hydrogen) atoms. The zero-order chi connectivity index (χ0) is 23.1. The molecule has 0 spiro atoms. The van der Waals surface area contributed by atoms with Gasteiger partial charge in [-0.2, -0.15) is 0 Å². The first kappa shape index (κ1) is 26.0. The van der Waals surface area contributed by atoms with Gasteiger partial charge in [0, 0.05) is 37.8 Å². The van der Waals surface area contributed by atoms with E-state index in [0.717, 1.165) is 55.8 Å². The average Bonchev–Trinajstić information content (AvgIpc) is 2.73. The second kappa shape index (κ2) is 12.2. The molecule has 1 N–H and O–H groups in total. The number of nitrogens with one attached hydrogen (secondary N) is 1. The Morgan fingerprint density at radius 2 is 2.03 bits per heavy atom. The maximum Gasteiger partial charge on any atom is 0.0676 e. The third-order valence-electron chi connectivity index (χ3n) is 7.78. The fraction of sp³-hybridized carbons (Fsp3) is 0.786. The van der Waals surface area contributed by atoms with Gasteiger partial charge in [-0.1, -0.05) is 57.5 Å². The van der Waals surface area contributed by atoms with Crippen molar-refractivity contribution in [1.29, 1.82) is 0 Å². The molecule has 0 aromatic rings. The minimum absolute atomic E-state index is 0.368. The summed E-state index contributed by atoms with van der Waals surface area (Å²) in [6.07, 6.45) is 15.4. The van der Waals surface area contributed by atoms with Gasteiger partial charge in [-0.05, 0) is 85.8 Å². The van der Waals surface area contributed by atoms with E-state index >= 15 is 0 Å². The summed E-state index contributed by atoms with van der Waals surface area (Å²) >= 11 is 6.26. The van der Waals surface area contributed by atoms with Gasteiger partial charge in [0.2, 0.25) is 0 Å². The number of halogens is 1. The lowest BCUT2D eigenvalue weighted by atomic mass is 9.65. The molecule has 0 radical (unpaired) electrons. The van der Waals surface area contributed by atoms with Crippen molar-refractivity contribution in [3.8, 4) is 0 Å². The summed E-state index contributed by atoms with van der Waals surface area (Å²) in [6.45, 7) is 15.0. The van der Waals surface area contributed by atoms with Crippen LogP contribution in [0.25, 0.3) is 0 Å². The van der Waals surface area contributed by atoms with Crippen molar-refractivity contribution in [3.63, 3.8) is 0 Å². The molecule has 2 unspecified atom stereocenters. The van der Waals surface area contributed by atoms with Crippen molar-refractivity contribution in [2.24, 2.45) is 23.2 Å². The van der Waals surface area contributed by atoms with Crippen LogP contribution in [0, 0.1) is 23.2 Å². The fourth-order valence-electron chi connectivity index (χ4n) is 6.33. The quantitative estimate of drug-likeness (QED) is 0.398. The average molecular weight is 463 g/mol. The monoisotopic (exact) mass is 462 g/mol. The molecule has 3 atom stereocenters. The maximum absolute atomic E-state index is 6.26. The molecule has 4 heteroatoms. The van der Waals surface area contributed by atoms with Crippen molar-refractivity contribution in [1.82, 2.24) is 10.2 Å². The molecule has 182 valence electrons. The SMILES string of the molecule is COCC1=CC(CN[C@H](CC(C)C)CN2CCC(C3CC=C(Cl)CC3)C(C)(C)C2)=CCC1. The zero-order valence-corrected chi connectivity index (χ0v) is 22.0. The smallest absolute Gasteiger partial charge is 0.0676 e. The van der Waals surface area contributed by atoms with E-state index in [1.165, 1.54) is 49.9 Å². The molecule has 1 saturated heterocycles. The normalized spacial score (nSPS) is 27.7. The van der Waals surface area contributed by atoms with Gasteiger partial charge in [0.05, 0.1) is 6.61 Å². The predicted octanol–water partition coefficient (Wildman–Crippen LogP) is 6.55. The molecular formula is C28H47ClN2O. The van der Waals surface area contributed by atoms with Crippen molar-refractivity contribution >= 4 is 11.6 Å². The number of rotatable bonds is 10. The van der Waals surface area contributed by atoms with Crippen LogP contribution in [0.3, 0.4) is 0 Å². The van der Waals surface area contributed by atoms with E-state index in [-0.39, 0.29) is 0 Å². The first-order chi connectivity index (χ1) is 15.3. The highest BCUT2D eigenvalue weighted by atomic mass is 35.5. The Hall–Kier alpha value is -0.610. The third kappa shape index (κ3) is 7.72. The highest BCUT2D eigenvalue weighted by Gasteiger charge is 2.40. The van der Waals surface area contributed by atoms with Crippen LogP contribution in [0.4, 0.5) is 0 Å². The van der Waals surface area contributed by atoms with Crippen LogP contribution < -0.4 is 5.32 Å². The standard InChI is InChI=1S/C28H47ClN2O/c1-21(2)15-26(30-17-22-7-6-8-23(16-22)19-32-5)18-31-14-13-27(28(3,4)20-31)24-9-11-25(29)12-10-24/h7,11,16,21,24,26-27,30H,6,8-10,12-15,17-20H2,1-5H3/t24?,26-,27?/m1/s1. The molecule has 2 aliphatic carbocycles. The maximum atomic E-state index is 6.26. The van der Waals surface area contributed by atoms with Gasteiger partial charge in [0.25, 0.3) is 0 Å². The Bertz CT molecular complexity index is 694. The second-order valence-electron chi connectivity index (χ2n) is 11.6. The zero-order valence-electron chi connectivity index (χ0n) is 21.3. The minimum Gasteiger partial charge on any atom is -0.380 e. The molecule has 0 aromatic heterocycles.